The van der Waals surface area contributed by atoms with Gasteiger partial charge in [0, 0.05) is 6.61 Å². The van der Waals surface area contributed by atoms with Crippen molar-refractivity contribution in [1.82, 2.24) is 0 Å². The van der Waals surface area contributed by atoms with Crippen LogP contribution in [0.4, 0.5) is 0 Å². The highest BCUT2D eigenvalue weighted by Crippen LogP contribution is 2.77. The molecule has 0 aromatic rings. The predicted octanol–water partition coefficient (Wildman–Crippen LogP) is 6.19. The lowest BCUT2D eigenvalue weighted by atomic mass is 9.32. The molecule has 0 aromatic carbocycles. The van der Waals surface area contributed by atoms with Gasteiger partial charge in [0.2, 0.25) is 0 Å². The summed E-state index contributed by atoms with van der Waals surface area (Å²) in [6.07, 6.45) is 10.1. The maximum atomic E-state index is 13.8. The smallest absolute Gasteiger partial charge is 0.312 e. The van der Waals surface area contributed by atoms with E-state index in [0.29, 0.717) is 23.7 Å². The minimum atomic E-state index is -0.519. The third-order valence-electron chi connectivity index (χ3n) is 14.3. The van der Waals surface area contributed by atoms with Crippen LogP contribution in [0.5, 0.6) is 0 Å². The predicted molar refractivity (Wildman–Crippen MR) is 148 cm³/mol. The standard InChI is InChI=1S/C33H54O5/c1-20(18-34)22-10-15-33(28(37)38-19-21(2)35)17-16-31(6)23(27(22)33)8-9-25-30(5)13-12-26(36)29(3,4)24(30)11-14-32(25,31)7/h20,22-27,34,36H,8-19H2,1-7H3/t20?,22?,23?,24?,25?,26?,27?,30?,31?,32?,33-/m0/s1. The minimum Gasteiger partial charge on any atom is -0.457 e. The van der Waals surface area contributed by atoms with E-state index in [1.165, 1.54) is 26.2 Å². The molecule has 11 atom stereocenters. The molecule has 0 radical (unpaired) electrons. The van der Waals surface area contributed by atoms with Crippen LogP contribution in [0, 0.1) is 62.6 Å². The normalized spacial score (nSPS) is 50.1. The molecular formula is C33H54O5. The molecule has 0 aliphatic heterocycles. The average molecular weight is 531 g/mol. The number of rotatable bonds is 5. The molecular weight excluding hydrogens is 476 g/mol. The highest BCUT2D eigenvalue weighted by Gasteiger charge is 2.72. The first-order valence-corrected chi connectivity index (χ1v) is 15.6. The zero-order chi connectivity index (χ0) is 27.9. The van der Waals surface area contributed by atoms with Gasteiger partial charge in [-0.2, -0.15) is 0 Å². The van der Waals surface area contributed by atoms with Crippen molar-refractivity contribution < 1.29 is 24.5 Å². The number of aliphatic hydroxyl groups excluding tert-OH is 2. The summed E-state index contributed by atoms with van der Waals surface area (Å²) in [5, 5.41) is 21.2. The Bertz CT molecular complexity index is 959. The van der Waals surface area contributed by atoms with E-state index in [0.717, 1.165) is 44.9 Å². The second-order valence-electron chi connectivity index (χ2n) is 15.9. The van der Waals surface area contributed by atoms with Crippen molar-refractivity contribution in [2.45, 2.75) is 119 Å². The number of carbonyl (C=O) groups is 2. The van der Waals surface area contributed by atoms with E-state index in [-0.39, 0.29) is 64.6 Å². The minimum absolute atomic E-state index is 0.0542. The molecule has 0 heterocycles. The largest absolute Gasteiger partial charge is 0.457 e. The monoisotopic (exact) mass is 530 g/mol. The van der Waals surface area contributed by atoms with Crippen molar-refractivity contribution in [3.63, 3.8) is 0 Å². The van der Waals surface area contributed by atoms with Gasteiger partial charge in [-0.05, 0) is 128 Å². The van der Waals surface area contributed by atoms with Crippen LogP contribution in [0.2, 0.25) is 0 Å². The van der Waals surface area contributed by atoms with E-state index in [4.69, 9.17) is 4.74 Å². The van der Waals surface area contributed by atoms with E-state index in [1.807, 2.05) is 0 Å². The molecule has 5 nitrogen and oxygen atoms in total. The number of hydrogen-bond acceptors (Lipinski definition) is 5. The van der Waals surface area contributed by atoms with Gasteiger partial charge in [0.25, 0.3) is 0 Å². The summed E-state index contributed by atoms with van der Waals surface area (Å²) in [6, 6.07) is 0. The fourth-order valence-corrected chi connectivity index (χ4v) is 12.1. The molecule has 10 unspecified atom stereocenters. The maximum absolute atomic E-state index is 13.8. The fourth-order valence-electron chi connectivity index (χ4n) is 12.1. The molecule has 5 rings (SSSR count). The lowest BCUT2D eigenvalue weighted by Crippen LogP contribution is -2.67. The number of carbonyl (C=O) groups excluding carboxylic acids is 2. The van der Waals surface area contributed by atoms with Gasteiger partial charge in [-0.15, -0.1) is 0 Å². The molecule has 0 aromatic heterocycles. The van der Waals surface area contributed by atoms with E-state index in [9.17, 15) is 19.8 Å². The van der Waals surface area contributed by atoms with Gasteiger partial charge in [-0.25, -0.2) is 0 Å². The summed E-state index contributed by atoms with van der Waals surface area (Å²) < 4.78 is 5.70. The van der Waals surface area contributed by atoms with Crippen molar-refractivity contribution in [1.29, 1.82) is 0 Å². The van der Waals surface area contributed by atoms with Crippen LogP contribution in [-0.2, 0) is 14.3 Å². The summed E-state index contributed by atoms with van der Waals surface area (Å²) in [6.45, 7) is 16.0. The lowest BCUT2D eigenvalue weighted by molar-refractivity contribution is -0.250. The van der Waals surface area contributed by atoms with Crippen LogP contribution in [0.25, 0.3) is 0 Å². The number of esters is 1. The number of ketones is 1. The summed E-state index contributed by atoms with van der Waals surface area (Å²) in [7, 11) is 0. The Kier molecular flexibility index (Phi) is 6.99. The fraction of sp³-hybridized carbons (Fsp3) is 0.939. The second kappa shape index (κ2) is 9.29. The van der Waals surface area contributed by atoms with Crippen LogP contribution in [0.3, 0.4) is 0 Å². The highest BCUT2D eigenvalue weighted by molar-refractivity contribution is 5.83. The molecule has 5 fully saturated rings. The zero-order valence-corrected chi connectivity index (χ0v) is 25.1. The van der Waals surface area contributed by atoms with E-state index in [2.05, 4.69) is 41.5 Å². The Hall–Kier alpha value is -0.940. The first-order chi connectivity index (χ1) is 17.7. The van der Waals surface area contributed by atoms with Gasteiger partial charge >= 0.3 is 5.97 Å². The summed E-state index contributed by atoms with van der Waals surface area (Å²) in [4.78, 5) is 25.5. The third kappa shape index (κ3) is 3.68. The molecule has 5 aliphatic rings. The molecule has 5 aliphatic carbocycles. The van der Waals surface area contributed by atoms with Crippen LogP contribution in [0.1, 0.15) is 113 Å². The second-order valence-corrected chi connectivity index (χ2v) is 15.9. The Morgan fingerprint density at radius 1 is 0.868 bits per heavy atom. The molecule has 2 N–H and O–H groups in total. The number of Topliss-reactive ketones (excluding diaryl/α,β-unsaturated/α-hetero) is 1. The van der Waals surface area contributed by atoms with Crippen molar-refractivity contribution in [3.8, 4) is 0 Å². The summed E-state index contributed by atoms with van der Waals surface area (Å²) in [5.41, 5.74) is -0.0378. The number of ether oxygens (including phenoxy) is 1. The van der Waals surface area contributed by atoms with Gasteiger partial charge < -0.3 is 14.9 Å². The van der Waals surface area contributed by atoms with Crippen LogP contribution in [-0.4, -0.2) is 41.3 Å². The first-order valence-electron chi connectivity index (χ1n) is 15.6. The Morgan fingerprint density at radius 3 is 2.24 bits per heavy atom. The topological polar surface area (TPSA) is 83.8 Å². The lowest BCUT2D eigenvalue weighted by Gasteiger charge is -2.72. The van der Waals surface area contributed by atoms with Crippen molar-refractivity contribution in [2.75, 3.05) is 13.2 Å². The number of fused-ring (bicyclic) bond motifs is 7. The van der Waals surface area contributed by atoms with Gasteiger partial charge in [0.15, 0.2) is 5.78 Å². The van der Waals surface area contributed by atoms with Crippen molar-refractivity contribution >= 4 is 11.8 Å². The number of hydrogen-bond donors (Lipinski definition) is 2. The van der Waals surface area contributed by atoms with Gasteiger partial charge in [-0.1, -0.05) is 41.5 Å². The van der Waals surface area contributed by atoms with Crippen LogP contribution >= 0.6 is 0 Å². The van der Waals surface area contributed by atoms with E-state index < -0.39 is 5.41 Å². The Labute approximate surface area is 230 Å². The molecule has 5 heteroatoms. The maximum Gasteiger partial charge on any atom is 0.312 e. The summed E-state index contributed by atoms with van der Waals surface area (Å²) in [5.74, 6) is 1.99. The molecule has 0 saturated heterocycles. The molecule has 0 bridgehead atoms. The van der Waals surface area contributed by atoms with Gasteiger partial charge in [0.1, 0.15) is 6.61 Å². The van der Waals surface area contributed by atoms with Crippen molar-refractivity contribution in [3.05, 3.63) is 0 Å². The van der Waals surface area contributed by atoms with Gasteiger partial charge in [-0.3, -0.25) is 9.59 Å². The van der Waals surface area contributed by atoms with Gasteiger partial charge in [0.05, 0.1) is 11.5 Å². The molecule has 0 spiro atoms. The SMILES string of the molecule is CC(=O)COC(=O)[C@]12CCC(C(C)CO)C1C1CCC3C4(C)CCC(O)C(C)(C)C4CCC3(C)C1(C)CC2. The molecule has 5 saturated carbocycles. The zero-order valence-electron chi connectivity index (χ0n) is 25.1. The van der Waals surface area contributed by atoms with Crippen LogP contribution in [0.15, 0.2) is 0 Å². The van der Waals surface area contributed by atoms with Crippen molar-refractivity contribution in [2.24, 2.45) is 62.6 Å². The summed E-state index contributed by atoms with van der Waals surface area (Å²) >= 11 is 0. The van der Waals surface area contributed by atoms with Crippen LogP contribution < -0.4 is 0 Å². The molecule has 216 valence electrons. The highest BCUT2D eigenvalue weighted by atomic mass is 16.5. The molecule has 38 heavy (non-hydrogen) atoms. The Morgan fingerprint density at radius 2 is 1.58 bits per heavy atom. The van der Waals surface area contributed by atoms with E-state index in [1.54, 1.807) is 0 Å². The first kappa shape index (κ1) is 28.6. The molecule has 0 amide bonds. The average Bonchev–Trinajstić information content (AvgIpc) is 3.26. The van der Waals surface area contributed by atoms with E-state index >= 15 is 0 Å². The third-order valence-corrected chi connectivity index (χ3v) is 14.3. The quantitative estimate of drug-likeness (QED) is 0.414. The Balaban J connectivity index is 1.53. The number of aliphatic hydroxyl groups is 2.